The molecular formula is C11H9FOS. The van der Waals surface area contributed by atoms with Gasteiger partial charge >= 0.3 is 0 Å². The normalized spacial score (nSPS) is 10.4. The van der Waals surface area contributed by atoms with E-state index in [9.17, 15) is 4.39 Å². The fourth-order valence-electron chi connectivity index (χ4n) is 1.32. The second-order valence-corrected chi connectivity index (χ2v) is 4.02. The highest BCUT2D eigenvalue weighted by atomic mass is 32.1. The van der Waals surface area contributed by atoms with Gasteiger partial charge in [0.2, 0.25) is 0 Å². The van der Waals surface area contributed by atoms with Crippen molar-refractivity contribution in [2.45, 2.75) is 6.92 Å². The predicted molar refractivity (Wildman–Crippen MR) is 56.1 cm³/mol. The molecule has 1 N–H and O–H groups in total. The summed E-state index contributed by atoms with van der Waals surface area (Å²) in [5.41, 5.74) is 1.94. The summed E-state index contributed by atoms with van der Waals surface area (Å²) in [6.07, 6.45) is 0. The molecule has 0 unspecified atom stereocenters. The Balaban J connectivity index is 2.53. The van der Waals surface area contributed by atoms with E-state index in [-0.39, 0.29) is 5.75 Å². The van der Waals surface area contributed by atoms with Gasteiger partial charge in [0.05, 0.1) is 0 Å². The number of benzene rings is 1. The first-order valence-electron chi connectivity index (χ1n) is 4.21. The Morgan fingerprint density at radius 3 is 2.64 bits per heavy atom. The molecule has 1 nitrogen and oxygen atoms in total. The van der Waals surface area contributed by atoms with Gasteiger partial charge < -0.3 is 5.11 Å². The largest absolute Gasteiger partial charge is 0.505 e. The molecular weight excluding hydrogens is 199 g/mol. The van der Waals surface area contributed by atoms with Crippen LogP contribution >= 0.6 is 11.3 Å². The van der Waals surface area contributed by atoms with Gasteiger partial charge in [-0.25, -0.2) is 4.39 Å². The van der Waals surface area contributed by atoms with Gasteiger partial charge in [-0.05, 0) is 47.7 Å². The molecule has 2 aromatic rings. The van der Waals surface area contributed by atoms with Crippen molar-refractivity contribution < 1.29 is 9.50 Å². The molecule has 0 atom stereocenters. The Labute approximate surface area is 85.5 Å². The molecule has 0 saturated heterocycles. The first kappa shape index (κ1) is 9.21. The van der Waals surface area contributed by atoms with E-state index in [2.05, 4.69) is 0 Å². The zero-order valence-corrected chi connectivity index (χ0v) is 8.44. The zero-order valence-electron chi connectivity index (χ0n) is 7.62. The number of halogens is 1. The van der Waals surface area contributed by atoms with Gasteiger partial charge in [0.1, 0.15) is 0 Å². The summed E-state index contributed by atoms with van der Waals surface area (Å²) in [6, 6.07) is 6.44. The molecule has 0 fully saturated rings. The van der Waals surface area contributed by atoms with Gasteiger partial charge in [0, 0.05) is 4.88 Å². The molecule has 0 aliphatic carbocycles. The lowest BCUT2D eigenvalue weighted by Gasteiger charge is -2.01. The lowest BCUT2D eigenvalue weighted by molar-refractivity contribution is 0.432. The van der Waals surface area contributed by atoms with Crippen molar-refractivity contribution in [2.24, 2.45) is 0 Å². The summed E-state index contributed by atoms with van der Waals surface area (Å²) in [5.74, 6) is -0.877. The first-order chi connectivity index (χ1) is 6.68. The van der Waals surface area contributed by atoms with Gasteiger partial charge in [0.25, 0.3) is 0 Å². The highest BCUT2D eigenvalue weighted by Crippen LogP contribution is 2.31. The Hall–Kier alpha value is -1.35. The fourth-order valence-corrected chi connectivity index (χ4v) is 2.24. The summed E-state index contributed by atoms with van der Waals surface area (Å²) in [7, 11) is 0. The summed E-state index contributed by atoms with van der Waals surface area (Å²) >= 11 is 1.57. The van der Waals surface area contributed by atoms with Crippen molar-refractivity contribution in [3.63, 3.8) is 0 Å². The minimum atomic E-state index is -0.574. The van der Waals surface area contributed by atoms with E-state index < -0.39 is 5.82 Å². The van der Waals surface area contributed by atoms with Crippen LogP contribution in [0.5, 0.6) is 5.75 Å². The predicted octanol–water partition coefficient (Wildman–Crippen LogP) is 3.57. The van der Waals surface area contributed by atoms with Crippen molar-refractivity contribution in [3.05, 3.63) is 41.0 Å². The van der Waals surface area contributed by atoms with E-state index in [0.717, 1.165) is 16.0 Å². The number of aryl methyl sites for hydroxylation is 1. The van der Waals surface area contributed by atoms with Crippen molar-refractivity contribution in [1.29, 1.82) is 0 Å². The van der Waals surface area contributed by atoms with Gasteiger partial charge in [-0.15, -0.1) is 11.3 Å². The van der Waals surface area contributed by atoms with Crippen LogP contribution in [0.15, 0.2) is 29.6 Å². The molecule has 0 spiro atoms. The third-order valence-electron chi connectivity index (χ3n) is 2.07. The van der Waals surface area contributed by atoms with Crippen LogP contribution < -0.4 is 0 Å². The smallest absolute Gasteiger partial charge is 0.165 e. The molecule has 0 amide bonds. The van der Waals surface area contributed by atoms with Crippen LogP contribution in [0.25, 0.3) is 10.4 Å². The monoisotopic (exact) mass is 208 g/mol. The van der Waals surface area contributed by atoms with Crippen LogP contribution in [-0.2, 0) is 0 Å². The number of aromatic hydroxyl groups is 1. The Morgan fingerprint density at radius 1 is 1.29 bits per heavy atom. The maximum absolute atomic E-state index is 13.1. The second-order valence-electron chi connectivity index (χ2n) is 3.10. The van der Waals surface area contributed by atoms with Gasteiger partial charge in [0.15, 0.2) is 11.6 Å². The molecule has 0 saturated carbocycles. The highest BCUT2D eigenvalue weighted by Gasteiger charge is 2.06. The van der Waals surface area contributed by atoms with Crippen LogP contribution in [0.4, 0.5) is 4.39 Å². The van der Waals surface area contributed by atoms with E-state index in [1.54, 1.807) is 17.4 Å². The van der Waals surface area contributed by atoms with Gasteiger partial charge in [-0.2, -0.15) is 0 Å². The molecule has 1 heterocycles. The molecule has 0 aliphatic heterocycles. The summed E-state index contributed by atoms with van der Waals surface area (Å²) in [4.78, 5) is 1.05. The lowest BCUT2D eigenvalue weighted by Crippen LogP contribution is -1.80. The highest BCUT2D eigenvalue weighted by molar-refractivity contribution is 7.13. The molecule has 0 bridgehead atoms. The van der Waals surface area contributed by atoms with Gasteiger partial charge in [-0.1, -0.05) is 0 Å². The van der Waals surface area contributed by atoms with Crippen LogP contribution in [-0.4, -0.2) is 5.11 Å². The number of hydrogen-bond acceptors (Lipinski definition) is 2. The minimum absolute atomic E-state index is 0.303. The molecule has 1 aromatic carbocycles. The van der Waals surface area contributed by atoms with Crippen LogP contribution in [0.1, 0.15) is 5.56 Å². The molecule has 2 rings (SSSR count). The third-order valence-corrected chi connectivity index (χ3v) is 3.14. The Morgan fingerprint density at radius 2 is 2.07 bits per heavy atom. The van der Waals surface area contributed by atoms with E-state index in [4.69, 9.17) is 5.11 Å². The number of hydrogen-bond donors (Lipinski definition) is 1. The summed E-state index contributed by atoms with van der Waals surface area (Å²) in [5, 5.41) is 11.0. The van der Waals surface area contributed by atoms with E-state index in [1.165, 1.54) is 12.1 Å². The number of phenolic OH excluding ortho intramolecular Hbond substituents is 1. The summed E-state index contributed by atoms with van der Waals surface area (Å²) in [6.45, 7) is 1.98. The Kier molecular flexibility index (Phi) is 2.25. The van der Waals surface area contributed by atoms with Crippen molar-refractivity contribution >= 4 is 11.3 Å². The third kappa shape index (κ3) is 1.51. The molecule has 0 radical (unpaired) electrons. The van der Waals surface area contributed by atoms with Crippen LogP contribution in [0.2, 0.25) is 0 Å². The van der Waals surface area contributed by atoms with Gasteiger partial charge in [-0.3, -0.25) is 0 Å². The maximum Gasteiger partial charge on any atom is 0.165 e. The van der Waals surface area contributed by atoms with E-state index in [0.29, 0.717) is 0 Å². The minimum Gasteiger partial charge on any atom is -0.505 e. The quantitative estimate of drug-likeness (QED) is 0.759. The van der Waals surface area contributed by atoms with Crippen molar-refractivity contribution in [2.75, 3.05) is 0 Å². The molecule has 14 heavy (non-hydrogen) atoms. The number of phenols is 1. The maximum atomic E-state index is 13.1. The average Bonchev–Trinajstić information content (AvgIpc) is 2.57. The molecule has 0 aliphatic rings. The standard InChI is InChI=1S/C11H9FOS/c1-7-4-5-14-11(7)8-2-3-10(13)9(12)6-8/h2-6,13H,1H3. The second kappa shape index (κ2) is 3.42. The van der Waals surface area contributed by atoms with E-state index >= 15 is 0 Å². The zero-order chi connectivity index (χ0) is 10.1. The van der Waals surface area contributed by atoms with Crippen LogP contribution in [0.3, 0.4) is 0 Å². The number of rotatable bonds is 1. The van der Waals surface area contributed by atoms with Crippen LogP contribution in [0, 0.1) is 12.7 Å². The average molecular weight is 208 g/mol. The SMILES string of the molecule is Cc1ccsc1-c1ccc(O)c(F)c1. The van der Waals surface area contributed by atoms with Crippen molar-refractivity contribution in [3.8, 4) is 16.2 Å². The lowest BCUT2D eigenvalue weighted by atomic mass is 10.1. The fraction of sp³-hybridized carbons (Fsp3) is 0.0909. The van der Waals surface area contributed by atoms with E-state index in [1.807, 2.05) is 18.4 Å². The Bertz CT molecular complexity index is 462. The topological polar surface area (TPSA) is 20.2 Å². The summed E-state index contributed by atoms with van der Waals surface area (Å²) < 4.78 is 13.1. The molecule has 3 heteroatoms. The molecule has 1 aromatic heterocycles. The first-order valence-corrected chi connectivity index (χ1v) is 5.09. The van der Waals surface area contributed by atoms with Crippen molar-refractivity contribution in [1.82, 2.24) is 0 Å². The molecule has 72 valence electrons. The number of thiophene rings is 1.